The lowest BCUT2D eigenvalue weighted by Crippen LogP contribution is -2.38. The number of hydrogen-bond acceptors (Lipinski definition) is 4. The number of rotatable bonds is 7. The zero-order chi connectivity index (χ0) is 22.3. The third-order valence-corrected chi connectivity index (χ3v) is 4.51. The number of halogens is 3. The Morgan fingerprint density at radius 2 is 1.77 bits per heavy atom. The Labute approximate surface area is 177 Å². The van der Waals surface area contributed by atoms with Crippen molar-refractivity contribution in [1.82, 2.24) is 25.8 Å². The highest BCUT2D eigenvalue weighted by Crippen LogP contribution is 2.29. The first-order chi connectivity index (χ1) is 14.9. The van der Waals surface area contributed by atoms with Crippen LogP contribution in [0.5, 0.6) is 5.75 Å². The summed E-state index contributed by atoms with van der Waals surface area (Å²) < 4.78 is 43.0. The number of H-pyrrole nitrogens is 1. The summed E-state index contributed by atoms with van der Waals surface area (Å²) in [4.78, 5) is 8.59. The van der Waals surface area contributed by atoms with Crippen molar-refractivity contribution in [3.05, 3.63) is 65.5 Å². The number of nitrogens with zero attached hydrogens (tertiary/aromatic N) is 3. The molecule has 0 spiro atoms. The normalized spacial score (nSPS) is 12.0. The van der Waals surface area contributed by atoms with Crippen LogP contribution in [0.1, 0.15) is 17.0 Å². The number of hydrogen-bond donors (Lipinski definition) is 3. The summed E-state index contributed by atoms with van der Waals surface area (Å²) in [6, 6.07) is 12.6. The van der Waals surface area contributed by atoms with Crippen LogP contribution in [0.2, 0.25) is 0 Å². The largest absolute Gasteiger partial charge is 0.497 e. The quantitative estimate of drug-likeness (QED) is 0.394. The number of aliphatic imine (C=N–C) groups is 1. The van der Waals surface area contributed by atoms with Crippen molar-refractivity contribution in [2.75, 3.05) is 20.7 Å². The summed E-state index contributed by atoms with van der Waals surface area (Å²) in [6.45, 7) is 0.891. The van der Waals surface area contributed by atoms with Gasteiger partial charge in [0.05, 0.1) is 19.2 Å². The SMILES string of the molecule is CN=C(NCCc1ccc(C(F)(F)F)cc1)NCc1nc(-c2ccc(OC)cc2)n[nH]1. The lowest BCUT2D eigenvalue weighted by Gasteiger charge is -2.11. The smallest absolute Gasteiger partial charge is 0.416 e. The van der Waals surface area contributed by atoms with E-state index in [9.17, 15) is 13.2 Å². The lowest BCUT2D eigenvalue weighted by atomic mass is 10.1. The molecule has 1 heterocycles. The fourth-order valence-corrected chi connectivity index (χ4v) is 2.82. The molecule has 10 heteroatoms. The summed E-state index contributed by atoms with van der Waals surface area (Å²) in [6.07, 6.45) is -3.76. The van der Waals surface area contributed by atoms with Gasteiger partial charge in [0.2, 0.25) is 0 Å². The highest BCUT2D eigenvalue weighted by molar-refractivity contribution is 5.79. The van der Waals surface area contributed by atoms with Gasteiger partial charge in [0.15, 0.2) is 11.8 Å². The molecule has 0 saturated heterocycles. The summed E-state index contributed by atoms with van der Waals surface area (Å²) >= 11 is 0. The fraction of sp³-hybridized carbons (Fsp3) is 0.286. The Hall–Kier alpha value is -3.56. The molecule has 0 aliphatic carbocycles. The molecule has 3 N–H and O–H groups in total. The van der Waals surface area contributed by atoms with E-state index in [1.54, 1.807) is 14.2 Å². The zero-order valence-corrected chi connectivity index (χ0v) is 17.1. The van der Waals surface area contributed by atoms with Crippen LogP contribution in [0.15, 0.2) is 53.5 Å². The highest BCUT2D eigenvalue weighted by Gasteiger charge is 2.29. The van der Waals surface area contributed by atoms with Gasteiger partial charge >= 0.3 is 6.18 Å². The second-order valence-corrected chi connectivity index (χ2v) is 6.63. The summed E-state index contributed by atoms with van der Waals surface area (Å²) in [5.41, 5.74) is 1.01. The minimum atomic E-state index is -4.32. The molecule has 1 aromatic heterocycles. The van der Waals surface area contributed by atoms with E-state index in [4.69, 9.17) is 4.74 Å². The van der Waals surface area contributed by atoms with Crippen LogP contribution in [-0.2, 0) is 19.1 Å². The van der Waals surface area contributed by atoms with E-state index in [1.165, 1.54) is 12.1 Å². The van der Waals surface area contributed by atoms with Crippen molar-refractivity contribution in [1.29, 1.82) is 0 Å². The standard InChI is InChI=1S/C21H23F3N6O/c1-25-20(26-12-11-14-3-7-16(8-4-14)21(22,23)24)27-13-18-28-19(30-29-18)15-5-9-17(31-2)10-6-15/h3-10H,11-13H2,1-2H3,(H2,25,26,27)(H,28,29,30). The Kier molecular flexibility index (Phi) is 7.11. The molecule has 31 heavy (non-hydrogen) atoms. The maximum Gasteiger partial charge on any atom is 0.416 e. The average molecular weight is 432 g/mol. The fourth-order valence-electron chi connectivity index (χ4n) is 2.82. The van der Waals surface area contributed by atoms with E-state index in [1.807, 2.05) is 24.3 Å². The topological polar surface area (TPSA) is 87.2 Å². The molecule has 0 saturated carbocycles. The molecule has 0 atom stereocenters. The maximum absolute atomic E-state index is 12.6. The van der Waals surface area contributed by atoms with Crippen molar-refractivity contribution < 1.29 is 17.9 Å². The van der Waals surface area contributed by atoms with Crippen LogP contribution in [0, 0.1) is 0 Å². The Balaban J connectivity index is 1.47. The second-order valence-electron chi connectivity index (χ2n) is 6.63. The van der Waals surface area contributed by atoms with E-state index in [0.29, 0.717) is 37.1 Å². The molecule has 0 fully saturated rings. The lowest BCUT2D eigenvalue weighted by molar-refractivity contribution is -0.137. The van der Waals surface area contributed by atoms with E-state index in [0.717, 1.165) is 29.0 Å². The van der Waals surface area contributed by atoms with Crippen molar-refractivity contribution in [3.8, 4) is 17.1 Å². The van der Waals surface area contributed by atoms with Crippen molar-refractivity contribution in [3.63, 3.8) is 0 Å². The second kappa shape index (κ2) is 9.96. The predicted octanol–water partition coefficient (Wildman–Crippen LogP) is 3.41. The Morgan fingerprint density at radius 3 is 2.39 bits per heavy atom. The number of alkyl halides is 3. The molecular weight excluding hydrogens is 409 g/mol. The summed E-state index contributed by atoms with van der Waals surface area (Å²) in [5, 5.41) is 13.3. The van der Waals surface area contributed by atoms with E-state index < -0.39 is 11.7 Å². The molecule has 164 valence electrons. The first kappa shape index (κ1) is 22.1. The zero-order valence-electron chi connectivity index (χ0n) is 17.1. The molecular formula is C21H23F3N6O. The van der Waals surface area contributed by atoms with Crippen LogP contribution in [0.25, 0.3) is 11.4 Å². The van der Waals surface area contributed by atoms with Gasteiger partial charge in [-0.05, 0) is 48.4 Å². The molecule has 7 nitrogen and oxygen atoms in total. The summed E-state index contributed by atoms with van der Waals surface area (Å²) in [7, 11) is 3.24. The van der Waals surface area contributed by atoms with Crippen LogP contribution in [-0.4, -0.2) is 41.8 Å². The molecule has 0 bridgehead atoms. The molecule has 0 radical (unpaired) electrons. The first-order valence-electron chi connectivity index (χ1n) is 9.55. The third-order valence-electron chi connectivity index (χ3n) is 4.51. The number of benzene rings is 2. The van der Waals surface area contributed by atoms with Gasteiger partial charge in [-0.3, -0.25) is 10.1 Å². The molecule has 0 amide bonds. The molecule has 0 aliphatic heterocycles. The van der Waals surface area contributed by atoms with Gasteiger partial charge in [-0.25, -0.2) is 4.98 Å². The van der Waals surface area contributed by atoms with Crippen molar-refractivity contribution in [2.24, 2.45) is 4.99 Å². The maximum atomic E-state index is 12.6. The number of methoxy groups -OCH3 is 1. The van der Waals surface area contributed by atoms with Crippen LogP contribution in [0.4, 0.5) is 13.2 Å². The molecule has 3 aromatic rings. The molecule has 0 unspecified atom stereocenters. The van der Waals surface area contributed by atoms with Gasteiger partial charge < -0.3 is 15.4 Å². The minimum absolute atomic E-state index is 0.378. The van der Waals surface area contributed by atoms with Crippen LogP contribution in [0.3, 0.4) is 0 Å². The number of nitrogens with one attached hydrogen (secondary N) is 3. The van der Waals surface area contributed by atoms with E-state index in [-0.39, 0.29) is 0 Å². The third kappa shape index (κ3) is 6.21. The highest BCUT2D eigenvalue weighted by atomic mass is 19.4. The first-order valence-corrected chi connectivity index (χ1v) is 9.55. The number of ether oxygens (including phenoxy) is 1. The molecule has 0 aliphatic rings. The predicted molar refractivity (Wildman–Crippen MR) is 112 cm³/mol. The molecule has 2 aromatic carbocycles. The van der Waals surface area contributed by atoms with E-state index >= 15 is 0 Å². The van der Waals surface area contributed by atoms with Gasteiger partial charge in [0.1, 0.15) is 11.6 Å². The Morgan fingerprint density at radius 1 is 1.06 bits per heavy atom. The summed E-state index contributed by atoms with van der Waals surface area (Å²) in [5.74, 6) is 2.52. The monoisotopic (exact) mass is 432 g/mol. The van der Waals surface area contributed by atoms with Gasteiger partial charge in [0.25, 0.3) is 0 Å². The van der Waals surface area contributed by atoms with Gasteiger partial charge in [0, 0.05) is 19.2 Å². The minimum Gasteiger partial charge on any atom is -0.497 e. The van der Waals surface area contributed by atoms with E-state index in [2.05, 4.69) is 30.8 Å². The van der Waals surface area contributed by atoms with Crippen LogP contribution < -0.4 is 15.4 Å². The van der Waals surface area contributed by atoms with Gasteiger partial charge in [-0.1, -0.05) is 12.1 Å². The number of aromatic nitrogens is 3. The number of aromatic amines is 1. The Bertz CT molecular complexity index is 997. The van der Waals surface area contributed by atoms with Crippen molar-refractivity contribution >= 4 is 5.96 Å². The van der Waals surface area contributed by atoms with Gasteiger partial charge in [-0.15, -0.1) is 0 Å². The molecule has 3 rings (SSSR count). The van der Waals surface area contributed by atoms with Crippen molar-refractivity contribution in [2.45, 2.75) is 19.1 Å². The number of guanidine groups is 1. The van der Waals surface area contributed by atoms with Crippen LogP contribution >= 0.6 is 0 Å². The van der Waals surface area contributed by atoms with Gasteiger partial charge in [-0.2, -0.15) is 18.3 Å². The average Bonchev–Trinajstić information content (AvgIpc) is 3.25.